The first-order chi connectivity index (χ1) is 16.1. The van der Waals surface area contributed by atoms with Gasteiger partial charge in [0.05, 0.1) is 11.1 Å². The van der Waals surface area contributed by atoms with E-state index in [1.54, 1.807) is 0 Å². The summed E-state index contributed by atoms with van der Waals surface area (Å²) in [5.74, 6) is -15.9. The van der Waals surface area contributed by atoms with Gasteiger partial charge in [-0.2, -0.15) is 22.0 Å². The van der Waals surface area contributed by atoms with E-state index in [2.05, 4.69) is 4.74 Å². The largest absolute Gasteiger partial charge is 0.432 e. The molecule has 0 spiro atoms. The molecule has 187 valence electrons. The highest BCUT2D eigenvalue weighted by molar-refractivity contribution is 5.73. The zero-order chi connectivity index (χ0) is 26.5. The first kappa shape index (κ1) is 26.1. The zero-order valence-corrected chi connectivity index (χ0v) is 17.1. The number of alkyl halides is 5. The third-order valence-electron chi connectivity index (χ3n) is 4.78. The highest BCUT2D eigenvalue weighted by Crippen LogP contribution is 2.44. The molecule has 0 fully saturated rings. The van der Waals surface area contributed by atoms with Crippen LogP contribution in [0.15, 0.2) is 30.3 Å². The van der Waals surface area contributed by atoms with Gasteiger partial charge in [-0.3, -0.25) is 5.11 Å². The minimum atomic E-state index is -5.55. The maximum Gasteiger partial charge on any atom is 0.432 e. The number of rotatable bonds is 5. The van der Waals surface area contributed by atoms with Crippen molar-refractivity contribution < 1.29 is 58.1 Å². The monoisotopic (exact) mass is 515 g/mol. The number of aryl methyl sites for hydroxylation is 1. The second-order valence-electron chi connectivity index (χ2n) is 7.09. The van der Waals surface area contributed by atoms with E-state index in [1.165, 1.54) is 6.92 Å². The van der Waals surface area contributed by atoms with E-state index < -0.39 is 80.9 Å². The molecule has 0 atom stereocenters. The summed E-state index contributed by atoms with van der Waals surface area (Å²) < 4.78 is 156. The number of halogens is 11. The van der Waals surface area contributed by atoms with Crippen LogP contribution >= 0.6 is 0 Å². The molecule has 0 aromatic heterocycles. The summed E-state index contributed by atoms with van der Waals surface area (Å²) >= 11 is 0. The minimum Gasteiger partial charge on any atom is -0.429 e. The smallest absolute Gasteiger partial charge is 0.429 e. The van der Waals surface area contributed by atoms with E-state index in [-0.39, 0.29) is 30.2 Å². The molecule has 2 nitrogen and oxygen atoms in total. The molecular weight excluding hydrogens is 505 g/mol. The lowest BCUT2D eigenvalue weighted by Crippen LogP contribution is -2.26. The van der Waals surface area contributed by atoms with Gasteiger partial charge in [-0.1, -0.05) is 6.92 Å². The molecule has 3 aromatic rings. The summed E-state index contributed by atoms with van der Waals surface area (Å²) in [5.41, 5.74) is -7.80. The van der Waals surface area contributed by atoms with Gasteiger partial charge in [-0.25, -0.2) is 26.3 Å². The summed E-state index contributed by atoms with van der Waals surface area (Å²) in [5, 5.41) is 12.1. The Kier molecular flexibility index (Phi) is 6.66. The molecule has 35 heavy (non-hydrogen) atoms. The molecule has 0 heterocycles. The van der Waals surface area contributed by atoms with Crippen molar-refractivity contribution in [3.63, 3.8) is 0 Å². The van der Waals surface area contributed by atoms with Gasteiger partial charge in [0.15, 0.2) is 11.6 Å². The summed E-state index contributed by atoms with van der Waals surface area (Å²) in [6.07, 6.45) is -10.7. The molecule has 0 unspecified atom stereocenters. The van der Waals surface area contributed by atoms with Crippen LogP contribution in [0.3, 0.4) is 0 Å². The lowest BCUT2D eigenvalue weighted by atomic mass is 9.97. The van der Waals surface area contributed by atoms with Crippen molar-refractivity contribution in [2.24, 2.45) is 0 Å². The average Bonchev–Trinajstić information content (AvgIpc) is 2.66. The molecule has 3 rings (SSSR count). The summed E-state index contributed by atoms with van der Waals surface area (Å²) in [6, 6.07) is 0.500. The molecule has 13 heteroatoms. The quantitative estimate of drug-likeness (QED) is 0.316. The van der Waals surface area contributed by atoms with E-state index in [0.29, 0.717) is 12.1 Å². The van der Waals surface area contributed by atoms with Gasteiger partial charge in [0, 0.05) is 18.2 Å². The maximum atomic E-state index is 15.0. The van der Waals surface area contributed by atoms with E-state index in [4.69, 9.17) is 0 Å². The minimum absolute atomic E-state index is 0.0546. The number of benzene rings is 3. The van der Waals surface area contributed by atoms with Crippen LogP contribution < -0.4 is 4.74 Å². The Bertz CT molecular complexity index is 1250. The maximum absolute atomic E-state index is 15.0. The normalized spacial score (nSPS) is 12.2. The molecule has 3 aromatic carbocycles. The average molecular weight is 515 g/mol. The van der Waals surface area contributed by atoms with Crippen molar-refractivity contribution in [2.45, 2.75) is 25.6 Å². The Morgan fingerprint density at radius 2 is 1.17 bits per heavy atom. The predicted octanol–water partition coefficient (Wildman–Crippen LogP) is 8.04. The highest BCUT2D eigenvalue weighted by atomic mass is 19.4. The summed E-state index contributed by atoms with van der Waals surface area (Å²) in [6.45, 7) is 1.49. The van der Waals surface area contributed by atoms with E-state index >= 15 is 0 Å². The van der Waals surface area contributed by atoms with Crippen LogP contribution in [0, 0.1) is 34.9 Å². The third kappa shape index (κ3) is 4.84. The predicted molar refractivity (Wildman–Crippen MR) is 97.1 cm³/mol. The molecule has 0 amide bonds. The Morgan fingerprint density at radius 1 is 0.686 bits per heavy atom. The molecule has 0 aliphatic rings. The molecule has 1 radical (unpaired) electrons. The van der Waals surface area contributed by atoms with Crippen LogP contribution in [0.25, 0.3) is 11.1 Å². The fourth-order valence-corrected chi connectivity index (χ4v) is 3.24. The Balaban J connectivity index is 2.16. The molecule has 0 aliphatic carbocycles. The fraction of sp³-hybridized carbons (Fsp3) is 0.182. The molecular formula is C22H10F11O2. The lowest BCUT2D eigenvalue weighted by Gasteiger charge is -2.21. The number of hydrogen-bond donors (Lipinski definition) is 0. The second kappa shape index (κ2) is 8.93. The summed E-state index contributed by atoms with van der Waals surface area (Å²) in [4.78, 5) is 0. The van der Waals surface area contributed by atoms with Crippen LogP contribution in [0.5, 0.6) is 11.5 Å². The van der Waals surface area contributed by atoms with Crippen molar-refractivity contribution in [1.29, 1.82) is 0 Å². The standard InChI is InChI=1S/C22H10F11O2/c1-2-8-3-10(23)16(11(24)4-8)17-15(34)7-14(27)19(20(17)28)22(32,33)35-9-5-12(25)18(13(26)6-9)21(29,30)31/h3-7H,2H2,1H3. The van der Waals surface area contributed by atoms with Crippen LogP contribution in [-0.2, 0) is 23.8 Å². The van der Waals surface area contributed by atoms with Crippen molar-refractivity contribution in [1.82, 2.24) is 0 Å². The molecule has 0 saturated carbocycles. The zero-order valence-electron chi connectivity index (χ0n) is 17.1. The van der Waals surface area contributed by atoms with Gasteiger partial charge in [-0.15, -0.1) is 0 Å². The van der Waals surface area contributed by atoms with Gasteiger partial charge >= 0.3 is 12.3 Å². The van der Waals surface area contributed by atoms with Gasteiger partial charge in [0.2, 0.25) is 0 Å². The lowest BCUT2D eigenvalue weighted by molar-refractivity contribution is -0.189. The first-order valence-electron chi connectivity index (χ1n) is 9.39. The van der Waals surface area contributed by atoms with Gasteiger partial charge < -0.3 is 4.74 Å². The van der Waals surface area contributed by atoms with E-state index in [0.717, 1.165) is 0 Å². The summed E-state index contributed by atoms with van der Waals surface area (Å²) in [7, 11) is 0. The van der Waals surface area contributed by atoms with E-state index in [9.17, 15) is 53.4 Å². The van der Waals surface area contributed by atoms with Gasteiger partial charge in [0.1, 0.15) is 46.0 Å². The topological polar surface area (TPSA) is 29.1 Å². The molecule has 0 N–H and O–H groups in total. The van der Waals surface area contributed by atoms with Crippen molar-refractivity contribution in [3.05, 3.63) is 81.9 Å². The fourth-order valence-electron chi connectivity index (χ4n) is 3.24. The Morgan fingerprint density at radius 3 is 1.63 bits per heavy atom. The van der Waals surface area contributed by atoms with Crippen molar-refractivity contribution >= 4 is 0 Å². The molecule has 0 aliphatic heterocycles. The van der Waals surface area contributed by atoms with Gasteiger partial charge in [0.25, 0.3) is 0 Å². The number of ether oxygens (including phenoxy) is 1. The Hall–Kier alpha value is -3.51. The van der Waals surface area contributed by atoms with Crippen LogP contribution in [0.4, 0.5) is 48.3 Å². The van der Waals surface area contributed by atoms with E-state index in [1.807, 2.05) is 0 Å². The van der Waals surface area contributed by atoms with Gasteiger partial charge in [-0.05, 0) is 24.1 Å². The second-order valence-corrected chi connectivity index (χ2v) is 7.09. The van der Waals surface area contributed by atoms with Crippen LogP contribution in [-0.4, -0.2) is 0 Å². The van der Waals surface area contributed by atoms with Crippen molar-refractivity contribution in [2.75, 3.05) is 0 Å². The first-order valence-corrected chi connectivity index (χ1v) is 9.39. The highest BCUT2D eigenvalue weighted by Gasteiger charge is 2.45. The number of hydrogen-bond acceptors (Lipinski definition) is 1. The SMILES string of the molecule is CCc1cc(F)c(-c2c([O])cc(F)c(C(F)(F)Oc3cc(F)c(C(F)(F)F)c(F)c3)c2F)c(F)c1. The molecule has 0 saturated heterocycles. The third-order valence-corrected chi connectivity index (χ3v) is 4.78. The van der Waals surface area contributed by atoms with Crippen molar-refractivity contribution in [3.8, 4) is 22.6 Å². The Labute approximate surface area is 189 Å². The van der Waals surface area contributed by atoms with Crippen LogP contribution in [0.1, 0.15) is 23.6 Å². The molecule has 0 bridgehead atoms. The van der Waals surface area contributed by atoms with Crippen LogP contribution in [0.2, 0.25) is 0 Å².